The summed E-state index contributed by atoms with van der Waals surface area (Å²) in [6.07, 6.45) is 1.48. The maximum absolute atomic E-state index is 11.7. The number of hydrogen-bond donors (Lipinski definition) is 1. The molecule has 0 bridgehead atoms. The minimum absolute atomic E-state index is 0.202. The number of ether oxygens (including phenoxy) is 1. The van der Waals surface area contributed by atoms with Gasteiger partial charge in [0, 0.05) is 18.2 Å². The fourth-order valence-corrected chi connectivity index (χ4v) is 3.81. The van der Waals surface area contributed by atoms with E-state index in [-0.39, 0.29) is 18.4 Å². The summed E-state index contributed by atoms with van der Waals surface area (Å²) in [6.45, 7) is 0.416. The second-order valence-electron chi connectivity index (χ2n) is 5.82. The van der Waals surface area contributed by atoms with E-state index in [1.807, 2.05) is 30.3 Å². The van der Waals surface area contributed by atoms with Gasteiger partial charge in [-0.25, -0.2) is 13.1 Å². The maximum atomic E-state index is 11.7. The first kappa shape index (κ1) is 16.0. The topological polar surface area (TPSA) is 98.5 Å². The Bertz CT molecular complexity index is 983. The summed E-state index contributed by atoms with van der Waals surface area (Å²) in [5.41, 5.74) is 1.51. The van der Waals surface area contributed by atoms with E-state index in [0.717, 1.165) is 18.4 Å². The summed E-state index contributed by atoms with van der Waals surface area (Å²) in [4.78, 5) is 0. The first-order valence-corrected chi connectivity index (χ1v) is 9.57. The van der Waals surface area contributed by atoms with Gasteiger partial charge < -0.3 is 4.74 Å². The number of hydrogen-bond acceptors (Lipinski definition) is 6. The third kappa shape index (κ3) is 3.47. The number of aromatic nitrogens is 4. The van der Waals surface area contributed by atoms with Gasteiger partial charge in [0.1, 0.15) is 6.61 Å². The lowest BCUT2D eigenvalue weighted by Crippen LogP contribution is -2.31. The SMILES string of the molecule is O=S(=O)(NCCOc1ccc2nnc(-c3ccccc3)n2n1)C1CC1. The van der Waals surface area contributed by atoms with Crippen molar-refractivity contribution in [2.24, 2.45) is 0 Å². The van der Waals surface area contributed by atoms with Crippen molar-refractivity contribution in [2.75, 3.05) is 13.2 Å². The molecule has 1 aromatic carbocycles. The van der Waals surface area contributed by atoms with Gasteiger partial charge >= 0.3 is 0 Å². The van der Waals surface area contributed by atoms with Gasteiger partial charge in [0.2, 0.25) is 15.9 Å². The molecule has 1 saturated carbocycles. The Hall–Kier alpha value is -2.52. The number of nitrogens with one attached hydrogen (secondary N) is 1. The van der Waals surface area contributed by atoms with Crippen LogP contribution in [0.25, 0.3) is 17.0 Å². The van der Waals surface area contributed by atoms with Crippen molar-refractivity contribution in [2.45, 2.75) is 18.1 Å². The van der Waals surface area contributed by atoms with Gasteiger partial charge in [0.15, 0.2) is 11.5 Å². The van der Waals surface area contributed by atoms with Gasteiger partial charge in [-0.2, -0.15) is 4.52 Å². The Morgan fingerprint density at radius 3 is 2.68 bits per heavy atom. The predicted molar refractivity (Wildman–Crippen MR) is 91.7 cm³/mol. The number of sulfonamides is 1. The molecule has 8 nitrogen and oxygen atoms in total. The van der Waals surface area contributed by atoms with Gasteiger partial charge in [-0.05, 0) is 18.9 Å². The summed E-state index contributed by atoms with van der Waals surface area (Å²) in [5, 5.41) is 12.4. The van der Waals surface area contributed by atoms with E-state index in [2.05, 4.69) is 20.0 Å². The van der Waals surface area contributed by atoms with Gasteiger partial charge in [-0.3, -0.25) is 0 Å². The quantitative estimate of drug-likeness (QED) is 0.638. The molecule has 1 aliphatic rings. The van der Waals surface area contributed by atoms with E-state index in [1.165, 1.54) is 0 Å². The molecule has 2 aromatic heterocycles. The third-order valence-corrected chi connectivity index (χ3v) is 5.84. The van der Waals surface area contributed by atoms with Gasteiger partial charge in [-0.15, -0.1) is 15.3 Å². The van der Waals surface area contributed by atoms with Crippen LogP contribution in [0.15, 0.2) is 42.5 Å². The predicted octanol–water partition coefficient (Wildman–Crippen LogP) is 1.25. The second kappa shape index (κ2) is 6.41. The highest BCUT2D eigenvalue weighted by Gasteiger charge is 2.35. The van der Waals surface area contributed by atoms with Crippen molar-refractivity contribution in [1.82, 2.24) is 24.5 Å². The van der Waals surface area contributed by atoms with Crippen molar-refractivity contribution in [3.8, 4) is 17.3 Å². The molecule has 3 aromatic rings. The molecule has 0 aliphatic heterocycles. The zero-order chi connectivity index (χ0) is 17.3. The molecule has 1 fully saturated rings. The molecule has 4 rings (SSSR count). The maximum Gasteiger partial charge on any atom is 0.231 e. The lowest BCUT2D eigenvalue weighted by molar-refractivity contribution is 0.306. The summed E-state index contributed by atoms with van der Waals surface area (Å²) in [5.74, 6) is 1.01. The van der Waals surface area contributed by atoms with E-state index in [1.54, 1.807) is 16.6 Å². The van der Waals surface area contributed by atoms with E-state index in [4.69, 9.17) is 4.74 Å². The molecule has 130 valence electrons. The Morgan fingerprint density at radius 2 is 1.92 bits per heavy atom. The van der Waals surface area contributed by atoms with Crippen molar-refractivity contribution in [1.29, 1.82) is 0 Å². The molecule has 0 atom stereocenters. The van der Waals surface area contributed by atoms with E-state index < -0.39 is 10.0 Å². The Morgan fingerprint density at radius 1 is 1.12 bits per heavy atom. The van der Waals surface area contributed by atoms with Crippen LogP contribution in [0.5, 0.6) is 5.88 Å². The largest absolute Gasteiger partial charge is 0.475 e. The monoisotopic (exact) mass is 359 g/mol. The van der Waals surface area contributed by atoms with Crippen LogP contribution in [0, 0.1) is 0 Å². The summed E-state index contributed by atoms with van der Waals surface area (Å²) in [6, 6.07) is 13.1. The van der Waals surface area contributed by atoms with Crippen molar-refractivity contribution >= 4 is 15.7 Å². The molecule has 0 amide bonds. The summed E-state index contributed by atoms with van der Waals surface area (Å²) in [7, 11) is -3.19. The molecule has 0 spiro atoms. The highest BCUT2D eigenvalue weighted by atomic mass is 32.2. The summed E-state index contributed by atoms with van der Waals surface area (Å²) >= 11 is 0. The van der Waals surface area contributed by atoms with Crippen molar-refractivity contribution < 1.29 is 13.2 Å². The minimum atomic E-state index is -3.19. The highest BCUT2D eigenvalue weighted by molar-refractivity contribution is 7.90. The Kier molecular flexibility index (Phi) is 4.10. The molecule has 9 heteroatoms. The van der Waals surface area contributed by atoms with Crippen molar-refractivity contribution in [3.63, 3.8) is 0 Å². The molecule has 0 saturated heterocycles. The lowest BCUT2D eigenvalue weighted by atomic mass is 10.2. The first-order valence-electron chi connectivity index (χ1n) is 8.03. The van der Waals surface area contributed by atoms with Crippen LogP contribution in [-0.2, 0) is 10.0 Å². The van der Waals surface area contributed by atoms with Crippen LogP contribution in [0.3, 0.4) is 0 Å². The fraction of sp³-hybridized carbons (Fsp3) is 0.312. The first-order chi connectivity index (χ1) is 12.1. The van der Waals surface area contributed by atoms with Crippen molar-refractivity contribution in [3.05, 3.63) is 42.5 Å². The molecule has 0 unspecified atom stereocenters. The van der Waals surface area contributed by atoms with E-state index in [0.29, 0.717) is 17.4 Å². The molecule has 25 heavy (non-hydrogen) atoms. The molecule has 0 radical (unpaired) electrons. The molecular formula is C16H17N5O3S. The van der Waals surface area contributed by atoms with Crippen LogP contribution in [0.2, 0.25) is 0 Å². The van der Waals surface area contributed by atoms with Crippen LogP contribution in [0.4, 0.5) is 0 Å². The third-order valence-electron chi connectivity index (χ3n) is 3.89. The molecule has 2 heterocycles. The average Bonchev–Trinajstić information content (AvgIpc) is 3.41. The molecular weight excluding hydrogens is 342 g/mol. The van der Waals surface area contributed by atoms with Crippen LogP contribution >= 0.6 is 0 Å². The fourth-order valence-electron chi connectivity index (χ4n) is 2.45. The van der Waals surface area contributed by atoms with E-state index >= 15 is 0 Å². The van der Waals surface area contributed by atoms with Gasteiger partial charge in [0.25, 0.3) is 0 Å². The smallest absolute Gasteiger partial charge is 0.231 e. The summed E-state index contributed by atoms with van der Waals surface area (Å²) < 4.78 is 33.2. The second-order valence-corrected chi connectivity index (χ2v) is 7.86. The highest BCUT2D eigenvalue weighted by Crippen LogP contribution is 2.27. The van der Waals surface area contributed by atoms with Crippen LogP contribution < -0.4 is 9.46 Å². The number of benzene rings is 1. The Labute approximate surface area is 144 Å². The number of rotatable bonds is 7. The lowest BCUT2D eigenvalue weighted by Gasteiger charge is -2.07. The number of fused-ring (bicyclic) bond motifs is 1. The molecule has 1 aliphatic carbocycles. The average molecular weight is 359 g/mol. The Balaban J connectivity index is 1.45. The van der Waals surface area contributed by atoms with Crippen LogP contribution in [0.1, 0.15) is 12.8 Å². The minimum Gasteiger partial charge on any atom is -0.475 e. The zero-order valence-electron chi connectivity index (χ0n) is 13.4. The number of nitrogens with zero attached hydrogens (tertiary/aromatic N) is 4. The zero-order valence-corrected chi connectivity index (χ0v) is 14.2. The van der Waals surface area contributed by atoms with Crippen LogP contribution in [-0.4, -0.2) is 46.6 Å². The normalized spacial score (nSPS) is 14.7. The van der Waals surface area contributed by atoms with Gasteiger partial charge in [0.05, 0.1) is 5.25 Å². The molecule has 1 N–H and O–H groups in total. The van der Waals surface area contributed by atoms with Gasteiger partial charge in [-0.1, -0.05) is 30.3 Å². The van der Waals surface area contributed by atoms with E-state index in [9.17, 15) is 8.42 Å². The standard InChI is InChI=1S/C16H17N5O3S/c22-25(23,13-6-7-13)17-10-11-24-15-9-8-14-18-19-16(21(14)20-15)12-4-2-1-3-5-12/h1-5,8-9,13,17H,6-7,10-11H2.